The molecule has 0 radical (unpaired) electrons. The molecule has 1 fully saturated rings. The maximum Gasteiger partial charge on any atom is 0.451 e. The molecule has 1 saturated heterocycles. The number of likely N-dealkylation sites (tertiary alicyclic amines) is 1. The Morgan fingerprint density at radius 1 is 1.38 bits per heavy atom. The molecule has 1 aliphatic rings. The number of nitrogens with two attached hydrogens (primary N) is 1. The number of halogens is 1. The van der Waals surface area contributed by atoms with Crippen LogP contribution in [-0.4, -0.2) is 46.3 Å². The van der Waals surface area contributed by atoms with Gasteiger partial charge in [-0.1, -0.05) is 30.5 Å². The molecule has 5 N–H and O–H groups in total. The van der Waals surface area contributed by atoms with Crippen molar-refractivity contribution >= 4 is 41.7 Å². The molecule has 5 nitrogen and oxygen atoms in total. The van der Waals surface area contributed by atoms with Crippen molar-refractivity contribution in [2.75, 3.05) is 18.4 Å². The van der Waals surface area contributed by atoms with E-state index in [4.69, 9.17) is 39.6 Å². The van der Waals surface area contributed by atoms with Gasteiger partial charge < -0.3 is 26.0 Å². The van der Waals surface area contributed by atoms with E-state index in [9.17, 15) is 0 Å². The van der Waals surface area contributed by atoms with Gasteiger partial charge in [-0.3, -0.25) is 0 Å². The first-order chi connectivity index (χ1) is 12.4. The van der Waals surface area contributed by atoms with Crippen molar-refractivity contribution in [1.29, 1.82) is 0 Å². The standard InChI is InChI=1S/C18H29BClN3O2S/c1-13-5-6-15(12-16(13)20)22-18(26)23-10-7-14(8-11-23)17(21)4-2-3-9-19(24)25/h5-6,12,14,17,24-25H,2-4,7-11,21H2,1H3,(H,22,26). The Morgan fingerprint density at radius 3 is 2.69 bits per heavy atom. The third-order valence-electron chi connectivity index (χ3n) is 5.11. The van der Waals surface area contributed by atoms with Crippen LogP contribution in [0.1, 0.15) is 37.7 Å². The maximum atomic E-state index is 8.88. The van der Waals surface area contributed by atoms with Gasteiger partial charge >= 0.3 is 7.12 Å². The first-order valence-electron chi connectivity index (χ1n) is 9.30. The van der Waals surface area contributed by atoms with Crippen LogP contribution < -0.4 is 11.1 Å². The molecule has 1 aromatic carbocycles. The van der Waals surface area contributed by atoms with Crippen LogP contribution in [0.15, 0.2) is 18.2 Å². The fourth-order valence-corrected chi connectivity index (χ4v) is 3.83. The van der Waals surface area contributed by atoms with E-state index in [0.717, 1.165) is 66.6 Å². The normalized spacial score (nSPS) is 16.4. The van der Waals surface area contributed by atoms with Crippen molar-refractivity contribution in [3.05, 3.63) is 28.8 Å². The SMILES string of the molecule is Cc1ccc(NC(=S)N2CCC(C(N)CCCCB(O)O)CC2)cc1Cl. The number of thiocarbonyl (C=S) groups is 1. The van der Waals surface area contributed by atoms with Crippen molar-refractivity contribution < 1.29 is 10.0 Å². The Hall–Kier alpha value is -0.855. The van der Waals surface area contributed by atoms with E-state index < -0.39 is 7.12 Å². The van der Waals surface area contributed by atoms with Gasteiger partial charge in [0.25, 0.3) is 0 Å². The van der Waals surface area contributed by atoms with Crippen LogP contribution in [0.3, 0.4) is 0 Å². The van der Waals surface area contributed by atoms with Gasteiger partial charge in [0.1, 0.15) is 0 Å². The Balaban J connectivity index is 1.73. The van der Waals surface area contributed by atoms with E-state index >= 15 is 0 Å². The van der Waals surface area contributed by atoms with Gasteiger partial charge in [-0.25, -0.2) is 0 Å². The number of rotatable bonds is 7. The molecule has 0 bridgehead atoms. The Bertz CT molecular complexity index is 598. The van der Waals surface area contributed by atoms with Crippen molar-refractivity contribution in [3.63, 3.8) is 0 Å². The zero-order chi connectivity index (χ0) is 19.1. The number of nitrogens with one attached hydrogen (secondary N) is 1. The Kier molecular flexibility index (Phi) is 8.64. The second-order valence-corrected chi connectivity index (χ2v) is 7.94. The number of piperidine rings is 1. The van der Waals surface area contributed by atoms with Crippen molar-refractivity contribution in [2.24, 2.45) is 11.7 Å². The van der Waals surface area contributed by atoms with Crippen LogP contribution in [0.4, 0.5) is 5.69 Å². The van der Waals surface area contributed by atoms with Gasteiger partial charge in [-0.15, -0.1) is 0 Å². The first kappa shape index (κ1) is 21.4. The summed E-state index contributed by atoms with van der Waals surface area (Å²) in [7, 11) is -1.20. The lowest BCUT2D eigenvalue weighted by Gasteiger charge is -2.36. The largest absolute Gasteiger partial charge is 0.451 e. The number of anilines is 1. The van der Waals surface area contributed by atoms with Gasteiger partial charge in [-0.2, -0.15) is 0 Å². The molecule has 1 unspecified atom stereocenters. The second kappa shape index (κ2) is 10.5. The molecule has 26 heavy (non-hydrogen) atoms. The predicted molar refractivity (Wildman–Crippen MR) is 114 cm³/mol. The molecule has 0 spiro atoms. The highest BCUT2D eigenvalue weighted by atomic mass is 35.5. The monoisotopic (exact) mass is 397 g/mol. The van der Waals surface area contributed by atoms with Crippen LogP contribution in [0.5, 0.6) is 0 Å². The summed E-state index contributed by atoms with van der Waals surface area (Å²) in [6, 6.07) is 6.04. The van der Waals surface area contributed by atoms with Gasteiger partial charge in [0.05, 0.1) is 0 Å². The lowest BCUT2D eigenvalue weighted by atomic mass is 9.82. The third-order valence-corrected chi connectivity index (χ3v) is 5.87. The van der Waals surface area contributed by atoms with Crippen molar-refractivity contribution in [2.45, 2.75) is 51.4 Å². The van der Waals surface area contributed by atoms with Gasteiger partial charge in [0, 0.05) is 29.8 Å². The van der Waals surface area contributed by atoms with E-state index in [1.165, 1.54) is 0 Å². The molecule has 144 valence electrons. The predicted octanol–water partition coefficient (Wildman–Crippen LogP) is 3.03. The average Bonchev–Trinajstić information content (AvgIpc) is 2.61. The summed E-state index contributed by atoms with van der Waals surface area (Å²) in [4.78, 5) is 2.19. The number of aryl methyl sites for hydroxylation is 1. The fraction of sp³-hybridized carbons (Fsp3) is 0.611. The summed E-state index contributed by atoms with van der Waals surface area (Å²) in [6.07, 6.45) is 5.15. The fourth-order valence-electron chi connectivity index (χ4n) is 3.35. The molecule has 0 saturated carbocycles. The highest BCUT2D eigenvalue weighted by Gasteiger charge is 2.25. The molecule has 1 atom stereocenters. The summed E-state index contributed by atoms with van der Waals surface area (Å²) in [6.45, 7) is 3.78. The zero-order valence-electron chi connectivity index (χ0n) is 15.3. The molecule has 0 aromatic heterocycles. The zero-order valence-corrected chi connectivity index (χ0v) is 16.9. The topological polar surface area (TPSA) is 81.8 Å². The first-order valence-corrected chi connectivity index (χ1v) is 10.1. The lowest BCUT2D eigenvalue weighted by Crippen LogP contribution is -2.44. The number of hydrogen-bond acceptors (Lipinski definition) is 4. The van der Waals surface area contributed by atoms with E-state index in [0.29, 0.717) is 12.2 Å². The molecule has 2 rings (SSSR count). The third kappa shape index (κ3) is 6.70. The summed E-state index contributed by atoms with van der Waals surface area (Å²) in [5, 5.41) is 22.5. The Morgan fingerprint density at radius 2 is 2.08 bits per heavy atom. The number of nitrogens with zero attached hydrogens (tertiary/aromatic N) is 1. The van der Waals surface area contributed by atoms with Crippen LogP contribution in [0.25, 0.3) is 0 Å². The molecule has 0 aliphatic carbocycles. The van der Waals surface area contributed by atoms with E-state index in [1.807, 2.05) is 25.1 Å². The molecule has 1 heterocycles. The number of benzene rings is 1. The quantitative estimate of drug-likeness (QED) is 0.322. The highest BCUT2D eigenvalue weighted by molar-refractivity contribution is 7.80. The lowest BCUT2D eigenvalue weighted by molar-refractivity contribution is 0.232. The smallest absolute Gasteiger partial charge is 0.427 e. The summed E-state index contributed by atoms with van der Waals surface area (Å²) in [5.74, 6) is 0.502. The van der Waals surface area contributed by atoms with Crippen LogP contribution in [0, 0.1) is 12.8 Å². The van der Waals surface area contributed by atoms with Gasteiger partial charge in [-0.05, 0) is 68.3 Å². The summed E-state index contributed by atoms with van der Waals surface area (Å²) >= 11 is 11.7. The molecule has 1 aromatic rings. The number of unbranched alkanes of at least 4 members (excludes halogenated alkanes) is 1. The molecular weight excluding hydrogens is 369 g/mol. The van der Waals surface area contributed by atoms with E-state index in [1.54, 1.807) is 0 Å². The van der Waals surface area contributed by atoms with E-state index in [2.05, 4.69) is 10.2 Å². The maximum absolute atomic E-state index is 8.88. The minimum absolute atomic E-state index is 0.172. The molecule has 1 aliphatic heterocycles. The highest BCUT2D eigenvalue weighted by Crippen LogP contribution is 2.24. The number of hydrogen-bond donors (Lipinski definition) is 4. The average molecular weight is 398 g/mol. The minimum atomic E-state index is -1.20. The Labute approximate surface area is 167 Å². The second-order valence-electron chi connectivity index (χ2n) is 7.15. The van der Waals surface area contributed by atoms with E-state index in [-0.39, 0.29) is 6.04 Å². The summed E-state index contributed by atoms with van der Waals surface area (Å²) < 4.78 is 0. The molecular formula is C18H29BClN3O2S. The summed E-state index contributed by atoms with van der Waals surface area (Å²) in [5.41, 5.74) is 8.29. The molecule has 0 amide bonds. The van der Waals surface area contributed by atoms with Crippen molar-refractivity contribution in [3.8, 4) is 0 Å². The van der Waals surface area contributed by atoms with Gasteiger partial charge in [0.15, 0.2) is 5.11 Å². The van der Waals surface area contributed by atoms with Crippen LogP contribution in [-0.2, 0) is 0 Å². The molecule has 8 heteroatoms. The minimum Gasteiger partial charge on any atom is -0.427 e. The van der Waals surface area contributed by atoms with Crippen LogP contribution in [0.2, 0.25) is 11.3 Å². The van der Waals surface area contributed by atoms with Gasteiger partial charge in [0.2, 0.25) is 0 Å². The van der Waals surface area contributed by atoms with Crippen molar-refractivity contribution in [1.82, 2.24) is 4.90 Å². The van der Waals surface area contributed by atoms with Crippen LogP contribution >= 0.6 is 23.8 Å².